The van der Waals surface area contributed by atoms with Crippen LogP contribution in [0.5, 0.6) is 0 Å². The molecular formula is C10H4Cl4F3N3O2. The molecular weight excluding hydrogens is 393 g/mol. The molecule has 0 saturated carbocycles. The van der Waals surface area contributed by atoms with Crippen molar-refractivity contribution in [2.24, 2.45) is 5.10 Å². The van der Waals surface area contributed by atoms with Gasteiger partial charge in [0.25, 0.3) is 0 Å². The molecule has 0 aliphatic carbocycles. The summed E-state index contributed by atoms with van der Waals surface area (Å²) in [6.07, 6.45) is -3.90. The van der Waals surface area contributed by atoms with E-state index in [4.69, 9.17) is 51.5 Å². The molecule has 1 heterocycles. The third-order valence-corrected chi connectivity index (χ3v) is 3.31. The van der Waals surface area contributed by atoms with Gasteiger partial charge in [-0.25, -0.2) is 9.78 Å². The first-order valence-electron chi connectivity index (χ1n) is 5.05. The lowest BCUT2D eigenvalue weighted by Crippen LogP contribution is -2.08. The quantitative estimate of drug-likeness (QED) is 0.338. The summed E-state index contributed by atoms with van der Waals surface area (Å²) in [4.78, 5) is 13.9. The highest BCUT2D eigenvalue weighted by Crippen LogP contribution is 2.37. The van der Waals surface area contributed by atoms with Gasteiger partial charge < -0.3 is 5.11 Å². The Kier molecular flexibility index (Phi) is 6.30. The third-order valence-electron chi connectivity index (χ3n) is 1.98. The third kappa shape index (κ3) is 4.91. The van der Waals surface area contributed by atoms with Gasteiger partial charge in [-0.2, -0.15) is 18.3 Å². The van der Waals surface area contributed by atoms with E-state index in [0.29, 0.717) is 6.07 Å². The Morgan fingerprint density at radius 2 is 1.95 bits per heavy atom. The molecule has 120 valence electrons. The number of aliphatic carboxylic acids is 1. The number of halogens is 7. The number of alkyl halides is 3. The summed E-state index contributed by atoms with van der Waals surface area (Å²) in [6, 6.07) is 0.566. The van der Waals surface area contributed by atoms with Gasteiger partial charge in [-0.1, -0.05) is 46.4 Å². The van der Waals surface area contributed by atoms with Crippen molar-refractivity contribution >= 4 is 64.4 Å². The van der Waals surface area contributed by atoms with Crippen LogP contribution in [-0.2, 0) is 11.0 Å². The number of allylic oxidation sites excluding steroid dienone is 1. The van der Waals surface area contributed by atoms with E-state index in [1.54, 1.807) is 0 Å². The summed E-state index contributed by atoms with van der Waals surface area (Å²) in [5.74, 6) is -1.77. The molecule has 5 nitrogen and oxygen atoms in total. The summed E-state index contributed by atoms with van der Waals surface area (Å²) >= 11 is 21.8. The average molecular weight is 397 g/mol. The number of rotatable bonds is 4. The molecule has 2 N–H and O–H groups in total. The number of pyridine rings is 1. The first-order chi connectivity index (χ1) is 10.0. The van der Waals surface area contributed by atoms with Gasteiger partial charge in [-0.05, 0) is 6.07 Å². The Morgan fingerprint density at radius 3 is 2.45 bits per heavy atom. The van der Waals surface area contributed by atoms with E-state index in [9.17, 15) is 18.0 Å². The Bertz CT molecular complexity index is 662. The number of carbonyl (C=O) groups is 1. The lowest BCUT2D eigenvalue weighted by Gasteiger charge is -2.10. The zero-order valence-corrected chi connectivity index (χ0v) is 13.1. The molecule has 0 aliphatic heterocycles. The van der Waals surface area contributed by atoms with Crippen molar-refractivity contribution in [1.82, 2.24) is 4.98 Å². The van der Waals surface area contributed by atoms with Crippen molar-refractivity contribution in [3.8, 4) is 0 Å². The molecule has 1 aromatic heterocycles. The van der Waals surface area contributed by atoms with Gasteiger partial charge in [0.2, 0.25) is 0 Å². The molecule has 0 atom stereocenters. The summed E-state index contributed by atoms with van der Waals surface area (Å²) in [5.41, 5.74) is 0.954. The van der Waals surface area contributed by atoms with Gasteiger partial charge in [-0.15, -0.1) is 0 Å². The normalized spacial score (nSPS) is 13.2. The number of carboxylic acid groups (broad SMARTS) is 1. The van der Waals surface area contributed by atoms with Crippen LogP contribution >= 0.6 is 46.4 Å². The smallest absolute Gasteiger partial charge is 0.419 e. The summed E-state index contributed by atoms with van der Waals surface area (Å²) in [6.45, 7) is 0. The summed E-state index contributed by atoms with van der Waals surface area (Å²) in [5, 5.41) is 9.63. The van der Waals surface area contributed by atoms with E-state index in [1.807, 2.05) is 0 Å². The molecule has 0 spiro atoms. The van der Waals surface area contributed by atoms with E-state index >= 15 is 0 Å². The number of nitrogens with zero attached hydrogens (tertiary/aromatic N) is 2. The minimum absolute atomic E-state index is 0.285. The molecule has 12 heteroatoms. The van der Waals surface area contributed by atoms with Gasteiger partial charge in [0, 0.05) is 0 Å². The van der Waals surface area contributed by atoms with Crippen molar-refractivity contribution in [3.63, 3.8) is 0 Å². The maximum atomic E-state index is 12.6. The highest BCUT2D eigenvalue weighted by molar-refractivity contribution is 6.51. The van der Waals surface area contributed by atoms with Crippen LogP contribution in [0.3, 0.4) is 0 Å². The molecule has 0 aliphatic rings. The van der Waals surface area contributed by atoms with Crippen LogP contribution in [0.2, 0.25) is 10.2 Å². The van der Waals surface area contributed by atoms with Crippen molar-refractivity contribution in [2.45, 2.75) is 6.18 Å². The maximum absolute atomic E-state index is 12.6. The van der Waals surface area contributed by atoms with Crippen molar-refractivity contribution in [2.75, 3.05) is 5.43 Å². The van der Waals surface area contributed by atoms with Gasteiger partial charge in [0.15, 0.2) is 5.82 Å². The molecule has 0 unspecified atom stereocenters. The SMILES string of the molecule is O=C(O)/C(Cl)=C(Cl)/C=N/Nc1nc(Cl)c(C(F)(F)F)cc1Cl. The van der Waals surface area contributed by atoms with Crippen LogP contribution in [0.4, 0.5) is 19.0 Å². The van der Waals surface area contributed by atoms with Crippen LogP contribution in [-0.4, -0.2) is 22.3 Å². The largest absolute Gasteiger partial charge is 0.477 e. The Balaban J connectivity index is 3.00. The lowest BCUT2D eigenvalue weighted by molar-refractivity contribution is -0.137. The van der Waals surface area contributed by atoms with Gasteiger partial charge in [0.1, 0.15) is 10.2 Å². The number of hydrogen-bond acceptors (Lipinski definition) is 4. The Morgan fingerprint density at radius 1 is 1.36 bits per heavy atom. The molecule has 0 aromatic carbocycles. The van der Waals surface area contributed by atoms with Crippen LogP contribution < -0.4 is 5.43 Å². The zero-order valence-electron chi connectivity index (χ0n) is 10.1. The number of hydrazone groups is 1. The van der Waals surface area contributed by atoms with Gasteiger partial charge in [-0.3, -0.25) is 5.43 Å². The average Bonchev–Trinajstić information content (AvgIpc) is 2.39. The van der Waals surface area contributed by atoms with Crippen molar-refractivity contribution < 1.29 is 23.1 Å². The van der Waals surface area contributed by atoms with Crippen molar-refractivity contribution in [1.29, 1.82) is 0 Å². The van der Waals surface area contributed by atoms with E-state index in [1.165, 1.54) is 0 Å². The fourth-order valence-electron chi connectivity index (χ4n) is 1.05. The Hall–Kier alpha value is -1.22. The number of carboxylic acids is 1. The highest BCUT2D eigenvalue weighted by Gasteiger charge is 2.34. The fraction of sp³-hybridized carbons (Fsp3) is 0.100. The van der Waals surface area contributed by atoms with E-state index < -0.39 is 37.9 Å². The summed E-state index contributed by atoms with van der Waals surface area (Å²) in [7, 11) is 0. The topological polar surface area (TPSA) is 74.6 Å². The first-order valence-corrected chi connectivity index (χ1v) is 6.56. The predicted octanol–water partition coefficient (Wildman–Crippen LogP) is 4.58. The van der Waals surface area contributed by atoms with Crippen LogP contribution in [0.1, 0.15) is 5.56 Å². The second-order valence-electron chi connectivity index (χ2n) is 3.49. The molecule has 22 heavy (non-hydrogen) atoms. The monoisotopic (exact) mass is 395 g/mol. The van der Waals surface area contributed by atoms with Crippen molar-refractivity contribution in [3.05, 3.63) is 31.9 Å². The van der Waals surface area contributed by atoms with Gasteiger partial charge in [0.05, 0.1) is 21.8 Å². The van der Waals surface area contributed by atoms with Crippen LogP contribution in [0.25, 0.3) is 0 Å². The molecule has 0 fully saturated rings. The Labute approximate surface area is 141 Å². The van der Waals surface area contributed by atoms with E-state index in [0.717, 1.165) is 6.21 Å². The second-order valence-corrected chi connectivity index (χ2v) is 5.04. The first kappa shape index (κ1) is 18.8. The second kappa shape index (κ2) is 7.36. The molecule has 0 amide bonds. The number of nitrogens with one attached hydrogen (secondary N) is 1. The highest BCUT2D eigenvalue weighted by atomic mass is 35.5. The molecule has 1 rings (SSSR count). The lowest BCUT2D eigenvalue weighted by atomic mass is 10.3. The molecule has 1 aromatic rings. The number of aromatic nitrogens is 1. The number of hydrogen-bond donors (Lipinski definition) is 2. The standard InChI is InChI=1S/C10H4Cl4F3N3O2/c11-4-1-3(10(15,16)17)7(14)19-8(4)20-18-2-5(12)6(13)9(21)22/h1-2H,(H,19,20)(H,21,22)/b6-5+,18-2+. The molecule has 0 bridgehead atoms. The number of anilines is 1. The summed E-state index contributed by atoms with van der Waals surface area (Å²) < 4.78 is 37.7. The van der Waals surface area contributed by atoms with Gasteiger partial charge >= 0.3 is 12.1 Å². The van der Waals surface area contributed by atoms with Crippen LogP contribution in [0.15, 0.2) is 21.2 Å². The van der Waals surface area contributed by atoms with E-state index in [-0.39, 0.29) is 5.82 Å². The molecule has 0 radical (unpaired) electrons. The minimum atomic E-state index is -4.71. The fourth-order valence-corrected chi connectivity index (χ4v) is 1.67. The zero-order chi connectivity index (χ0) is 17.1. The predicted molar refractivity (Wildman–Crippen MR) is 77.7 cm³/mol. The van der Waals surface area contributed by atoms with Crippen LogP contribution in [0, 0.1) is 0 Å². The maximum Gasteiger partial charge on any atom is 0.419 e. The molecule has 0 saturated heterocycles. The minimum Gasteiger partial charge on any atom is -0.477 e. The van der Waals surface area contributed by atoms with E-state index in [2.05, 4.69) is 15.5 Å².